The molecule has 1 unspecified atom stereocenters. The van der Waals surface area contributed by atoms with Crippen molar-refractivity contribution in [3.63, 3.8) is 0 Å². The average molecular weight is 206 g/mol. The predicted molar refractivity (Wildman–Crippen MR) is 65.8 cm³/mol. The molecule has 1 atom stereocenters. The van der Waals surface area contributed by atoms with Crippen molar-refractivity contribution < 1.29 is 0 Å². The molecule has 0 fully saturated rings. The lowest BCUT2D eigenvalue weighted by atomic mass is 10.1. The summed E-state index contributed by atoms with van der Waals surface area (Å²) in [6, 6.07) is 10.9. The Morgan fingerprint density at radius 2 is 1.93 bits per heavy atom. The zero-order valence-electron chi connectivity index (χ0n) is 9.82. The maximum atomic E-state index is 5.84. The second-order valence-corrected chi connectivity index (χ2v) is 4.00. The van der Waals surface area contributed by atoms with Gasteiger partial charge in [0, 0.05) is 12.6 Å². The molecule has 0 amide bonds. The Labute approximate surface area is 93.1 Å². The third-order valence-corrected chi connectivity index (χ3v) is 2.80. The van der Waals surface area contributed by atoms with Gasteiger partial charge >= 0.3 is 0 Å². The summed E-state index contributed by atoms with van der Waals surface area (Å²) in [6.07, 6.45) is 2.47. The molecule has 0 aliphatic rings. The molecular weight excluding hydrogens is 184 g/mol. The topological polar surface area (TPSA) is 29.3 Å². The fourth-order valence-corrected chi connectivity index (χ4v) is 1.81. The molecule has 0 bridgehead atoms. The smallest absolute Gasteiger partial charge is 0.0467 e. The van der Waals surface area contributed by atoms with Crippen molar-refractivity contribution in [3.8, 4) is 0 Å². The first-order valence-electron chi connectivity index (χ1n) is 5.74. The highest BCUT2D eigenvalue weighted by Crippen LogP contribution is 2.17. The second kappa shape index (κ2) is 6.59. The van der Waals surface area contributed by atoms with Crippen LogP contribution in [0.2, 0.25) is 0 Å². The van der Waals surface area contributed by atoms with Crippen molar-refractivity contribution in [2.24, 2.45) is 5.73 Å². The fraction of sp³-hybridized carbons (Fsp3) is 0.538. The number of benzene rings is 1. The van der Waals surface area contributed by atoms with Gasteiger partial charge in [0.05, 0.1) is 0 Å². The molecule has 1 rings (SSSR count). The van der Waals surface area contributed by atoms with Crippen molar-refractivity contribution in [2.75, 3.05) is 20.1 Å². The van der Waals surface area contributed by atoms with Crippen LogP contribution < -0.4 is 5.73 Å². The van der Waals surface area contributed by atoms with Crippen LogP contribution in [0, 0.1) is 0 Å². The highest BCUT2D eigenvalue weighted by atomic mass is 15.1. The number of unbranched alkanes of at least 4 members (excludes halogenated alkanes) is 1. The predicted octanol–water partition coefficient (Wildman–Crippen LogP) is 2.42. The van der Waals surface area contributed by atoms with Crippen LogP contribution in [0.3, 0.4) is 0 Å². The van der Waals surface area contributed by atoms with Crippen LogP contribution in [-0.4, -0.2) is 25.0 Å². The zero-order valence-corrected chi connectivity index (χ0v) is 9.82. The van der Waals surface area contributed by atoms with E-state index in [2.05, 4.69) is 43.1 Å². The maximum Gasteiger partial charge on any atom is 0.0467 e. The number of hydrogen-bond acceptors (Lipinski definition) is 2. The van der Waals surface area contributed by atoms with Crippen LogP contribution in [0.25, 0.3) is 0 Å². The van der Waals surface area contributed by atoms with Crippen LogP contribution in [0.5, 0.6) is 0 Å². The molecule has 2 heteroatoms. The molecule has 1 aromatic rings. The molecule has 84 valence electrons. The summed E-state index contributed by atoms with van der Waals surface area (Å²) in [5.74, 6) is 0. The van der Waals surface area contributed by atoms with Gasteiger partial charge in [-0.05, 0) is 25.6 Å². The Hall–Kier alpha value is -0.860. The first kappa shape index (κ1) is 12.2. The van der Waals surface area contributed by atoms with Gasteiger partial charge in [0.25, 0.3) is 0 Å². The number of nitrogens with zero attached hydrogens (tertiary/aromatic N) is 1. The van der Waals surface area contributed by atoms with E-state index >= 15 is 0 Å². The van der Waals surface area contributed by atoms with E-state index in [4.69, 9.17) is 5.73 Å². The van der Waals surface area contributed by atoms with Gasteiger partial charge in [-0.1, -0.05) is 43.7 Å². The van der Waals surface area contributed by atoms with E-state index in [0.29, 0.717) is 12.6 Å². The van der Waals surface area contributed by atoms with E-state index < -0.39 is 0 Å². The van der Waals surface area contributed by atoms with E-state index in [1.165, 1.54) is 18.4 Å². The molecule has 0 aliphatic heterocycles. The van der Waals surface area contributed by atoms with Crippen molar-refractivity contribution in [2.45, 2.75) is 25.8 Å². The highest BCUT2D eigenvalue weighted by molar-refractivity contribution is 5.19. The third-order valence-electron chi connectivity index (χ3n) is 2.80. The normalized spacial score (nSPS) is 13.1. The summed E-state index contributed by atoms with van der Waals surface area (Å²) in [4.78, 5) is 2.35. The average Bonchev–Trinajstić information content (AvgIpc) is 2.29. The van der Waals surface area contributed by atoms with Gasteiger partial charge in [-0.2, -0.15) is 0 Å². The fourth-order valence-electron chi connectivity index (χ4n) is 1.81. The summed E-state index contributed by atoms with van der Waals surface area (Å²) >= 11 is 0. The summed E-state index contributed by atoms with van der Waals surface area (Å²) in [6.45, 7) is 4.02. The Bertz CT molecular complexity index is 258. The molecule has 0 saturated carbocycles. The van der Waals surface area contributed by atoms with E-state index in [9.17, 15) is 0 Å². The Morgan fingerprint density at radius 3 is 2.47 bits per heavy atom. The number of hydrogen-bond donors (Lipinski definition) is 1. The highest BCUT2D eigenvalue weighted by Gasteiger charge is 2.13. The lowest BCUT2D eigenvalue weighted by molar-refractivity contribution is 0.246. The molecule has 1 aromatic carbocycles. The Morgan fingerprint density at radius 1 is 1.27 bits per heavy atom. The van der Waals surface area contributed by atoms with E-state index in [1.807, 2.05) is 6.07 Å². The lowest BCUT2D eigenvalue weighted by Gasteiger charge is -2.27. The number of nitrogens with two attached hydrogens (primary N) is 1. The lowest BCUT2D eigenvalue weighted by Crippen LogP contribution is -2.31. The summed E-state index contributed by atoms with van der Waals surface area (Å²) < 4.78 is 0. The first-order valence-corrected chi connectivity index (χ1v) is 5.74. The van der Waals surface area contributed by atoms with Gasteiger partial charge in [-0.3, -0.25) is 4.90 Å². The monoisotopic (exact) mass is 206 g/mol. The van der Waals surface area contributed by atoms with Crippen LogP contribution in [0.15, 0.2) is 30.3 Å². The van der Waals surface area contributed by atoms with Gasteiger partial charge in [-0.25, -0.2) is 0 Å². The minimum atomic E-state index is 0.359. The molecule has 0 aliphatic carbocycles. The van der Waals surface area contributed by atoms with E-state index in [1.54, 1.807) is 0 Å². The minimum absolute atomic E-state index is 0.359. The molecule has 0 radical (unpaired) electrons. The largest absolute Gasteiger partial charge is 0.329 e. The first-order chi connectivity index (χ1) is 7.29. The molecule has 0 aromatic heterocycles. The number of likely N-dealkylation sites (N-methyl/N-ethyl adjacent to an activating group) is 1. The van der Waals surface area contributed by atoms with Gasteiger partial charge in [0.15, 0.2) is 0 Å². The van der Waals surface area contributed by atoms with Crippen LogP contribution >= 0.6 is 0 Å². The van der Waals surface area contributed by atoms with Crippen molar-refractivity contribution in [3.05, 3.63) is 35.9 Å². The molecule has 0 spiro atoms. The zero-order chi connectivity index (χ0) is 11.1. The van der Waals surface area contributed by atoms with Crippen molar-refractivity contribution in [1.29, 1.82) is 0 Å². The van der Waals surface area contributed by atoms with Crippen molar-refractivity contribution in [1.82, 2.24) is 4.90 Å². The molecular formula is C13H22N2. The maximum absolute atomic E-state index is 5.84. The SMILES string of the molecule is CCCCN(C)C(CN)c1ccccc1. The number of rotatable bonds is 6. The van der Waals surface area contributed by atoms with E-state index in [0.717, 1.165) is 6.54 Å². The summed E-state index contributed by atoms with van der Waals surface area (Å²) in [7, 11) is 2.15. The molecule has 2 nitrogen and oxygen atoms in total. The third kappa shape index (κ3) is 3.65. The van der Waals surface area contributed by atoms with Gasteiger partial charge in [-0.15, -0.1) is 0 Å². The van der Waals surface area contributed by atoms with Crippen LogP contribution in [0.4, 0.5) is 0 Å². The quantitative estimate of drug-likeness (QED) is 0.774. The second-order valence-electron chi connectivity index (χ2n) is 4.00. The minimum Gasteiger partial charge on any atom is -0.329 e. The van der Waals surface area contributed by atoms with Crippen LogP contribution in [0.1, 0.15) is 31.4 Å². The summed E-state index contributed by atoms with van der Waals surface area (Å²) in [5, 5.41) is 0. The van der Waals surface area contributed by atoms with Crippen molar-refractivity contribution >= 4 is 0 Å². The Kier molecular flexibility index (Phi) is 5.37. The van der Waals surface area contributed by atoms with E-state index in [-0.39, 0.29) is 0 Å². The standard InChI is InChI=1S/C13H22N2/c1-3-4-10-15(2)13(11-14)12-8-6-5-7-9-12/h5-9,13H,3-4,10-11,14H2,1-2H3. The van der Waals surface area contributed by atoms with Gasteiger partial charge in [0.2, 0.25) is 0 Å². The van der Waals surface area contributed by atoms with Crippen LogP contribution in [-0.2, 0) is 0 Å². The molecule has 0 heterocycles. The van der Waals surface area contributed by atoms with Gasteiger partial charge < -0.3 is 5.73 Å². The Balaban J connectivity index is 2.63. The van der Waals surface area contributed by atoms with Gasteiger partial charge in [0.1, 0.15) is 0 Å². The molecule has 15 heavy (non-hydrogen) atoms. The molecule has 0 saturated heterocycles. The summed E-state index contributed by atoms with van der Waals surface area (Å²) in [5.41, 5.74) is 7.15. The molecule has 2 N–H and O–H groups in total.